The summed E-state index contributed by atoms with van der Waals surface area (Å²) in [4.78, 5) is 15.9. The van der Waals surface area contributed by atoms with Crippen molar-refractivity contribution in [3.63, 3.8) is 0 Å². The summed E-state index contributed by atoms with van der Waals surface area (Å²) in [6.07, 6.45) is 1.78. The van der Waals surface area contributed by atoms with Crippen molar-refractivity contribution in [3.8, 4) is 5.75 Å². The molecule has 0 aliphatic rings. The average molecular weight is 308 g/mol. The highest BCUT2D eigenvalue weighted by atomic mass is 16.5. The minimum Gasteiger partial charge on any atom is -0.495 e. The van der Waals surface area contributed by atoms with Crippen LogP contribution in [0.3, 0.4) is 0 Å². The van der Waals surface area contributed by atoms with Gasteiger partial charge in [0.15, 0.2) is 5.78 Å². The number of nitrogens with one attached hydrogen (secondary N) is 2. The summed E-state index contributed by atoms with van der Waals surface area (Å²) in [6, 6.07) is 13.3. The van der Waals surface area contributed by atoms with Gasteiger partial charge in [-0.15, -0.1) is 0 Å². The van der Waals surface area contributed by atoms with Crippen LogP contribution < -0.4 is 10.1 Å². The minimum absolute atomic E-state index is 0.0472. The number of hydrogen-bond donors (Lipinski definition) is 2. The third-order valence-corrected chi connectivity index (χ3v) is 3.97. The first-order chi connectivity index (χ1) is 11.1. The molecule has 0 fully saturated rings. The summed E-state index contributed by atoms with van der Waals surface area (Å²) < 4.78 is 5.36. The van der Waals surface area contributed by atoms with E-state index in [1.54, 1.807) is 13.3 Å². The summed E-state index contributed by atoms with van der Waals surface area (Å²) >= 11 is 0. The molecule has 1 aromatic heterocycles. The number of Topliss-reactive ketones (excluding diaryl/α,β-unsaturated/α-hetero) is 1. The molecule has 1 atom stereocenters. The molecule has 4 heteroatoms. The van der Waals surface area contributed by atoms with Gasteiger partial charge >= 0.3 is 0 Å². The molecule has 2 N–H and O–H groups in total. The van der Waals surface area contributed by atoms with Crippen molar-refractivity contribution < 1.29 is 9.53 Å². The van der Waals surface area contributed by atoms with Crippen LogP contribution in [-0.4, -0.2) is 23.9 Å². The minimum atomic E-state index is -0.357. The smallest absolute Gasteiger partial charge is 0.186 e. The van der Waals surface area contributed by atoms with Gasteiger partial charge < -0.3 is 15.0 Å². The van der Waals surface area contributed by atoms with Crippen molar-refractivity contribution in [1.82, 2.24) is 4.98 Å². The maximum Gasteiger partial charge on any atom is 0.186 e. The van der Waals surface area contributed by atoms with Gasteiger partial charge in [0.1, 0.15) is 5.75 Å². The number of methoxy groups -OCH3 is 1. The van der Waals surface area contributed by atoms with Crippen LogP contribution >= 0.6 is 0 Å². The lowest BCUT2D eigenvalue weighted by molar-refractivity contribution is 0.0977. The van der Waals surface area contributed by atoms with Crippen LogP contribution in [0.4, 0.5) is 5.69 Å². The number of carbonyl (C=O) groups is 1. The fourth-order valence-electron chi connectivity index (χ4n) is 2.74. The van der Waals surface area contributed by atoms with E-state index in [4.69, 9.17) is 4.74 Å². The van der Waals surface area contributed by atoms with Gasteiger partial charge in [-0.1, -0.05) is 24.3 Å². The largest absolute Gasteiger partial charge is 0.495 e. The van der Waals surface area contributed by atoms with Gasteiger partial charge in [-0.2, -0.15) is 0 Å². The first-order valence-electron chi connectivity index (χ1n) is 7.61. The highest BCUT2D eigenvalue weighted by Crippen LogP contribution is 2.27. The van der Waals surface area contributed by atoms with Crippen LogP contribution in [0.5, 0.6) is 5.75 Å². The summed E-state index contributed by atoms with van der Waals surface area (Å²) in [6.45, 7) is 3.88. The second kappa shape index (κ2) is 6.16. The van der Waals surface area contributed by atoms with Crippen molar-refractivity contribution in [1.29, 1.82) is 0 Å². The van der Waals surface area contributed by atoms with E-state index in [0.29, 0.717) is 5.56 Å². The Morgan fingerprint density at radius 2 is 2.00 bits per heavy atom. The zero-order valence-electron chi connectivity index (χ0n) is 13.5. The standard InChI is InChI=1S/C19H20N2O2/c1-12-8-9-18(23-3)17(10-12)21-13(2)19(22)15-11-20-16-7-5-4-6-14(15)16/h4-11,13,20-21H,1-3H3/t13-/m0/s1. The highest BCUT2D eigenvalue weighted by molar-refractivity contribution is 6.11. The molecule has 0 amide bonds. The van der Waals surface area contributed by atoms with Gasteiger partial charge in [-0.25, -0.2) is 0 Å². The van der Waals surface area contributed by atoms with E-state index >= 15 is 0 Å². The van der Waals surface area contributed by atoms with Crippen LogP contribution in [0, 0.1) is 6.92 Å². The number of carbonyl (C=O) groups excluding carboxylic acids is 1. The SMILES string of the molecule is COc1ccc(C)cc1N[C@@H](C)C(=O)c1c[nH]c2ccccc12. The fraction of sp³-hybridized carbons (Fsp3) is 0.211. The number of aromatic amines is 1. The van der Waals surface area contributed by atoms with E-state index in [2.05, 4.69) is 10.3 Å². The van der Waals surface area contributed by atoms with Gasteiger partial charge in [0.05, 0.1) is 18.8 Å². The monoisotopic (exact) mass is 308 g/mol. The number of hydrogen-bond acceptors (Lipinski definition) is 3. The zero-order chi connectivity index (χ0) is 16.4. The van der Waals surface area contributed by atoms with E-state index in [0.717, 1.165) is 27.9 Å². The number of ketones is 1. The topological polar surface area (TPSA) is 54.1 Å². The third kappa shape index (κ3) is 2.93. The van der Waals surface area contributed by atoms with E-state index < -0.39 is 0 Å². The summed E-state index contributed by atoms with van der Waals surface area (Å²) in [7, 11) is 1.63. The van der Waals surface area contributed by atoms with Gasteiger partial charge in [0.2, 0.25) is 0 Å². The zero-order valence-corrected chi connectivity index (χ0v) is 13.5. The van der Waals surface area contributed by atoms with E-state index in [1.165, 1.54) is 0 Å². The van der Waals surface area contributed by atoms with Gasteiger partial charge in [0, 0.05) is 22.7 Å². The van der Waals surface area contributed by atoms with Crippen molar-refractivity contribution in [2.45, 2.75) is 19.9 Å². The maximum absolute atomic E-state index is 12.8. The molecule has 0 aliphatic heterocycles. The van der Waals surface area contributed by atoms with Crippen LogP contribution in [0.2, 0.25) is 0 Å². The lowest BCUT2D eigenvalue weighted by Gasteiger charge is -2.17. The number of H-pyrrole nitrogens is 1. The Morgan fingerprint density at radius 1 is 1.22 bits per heavy atom. The number of anilines is 1. The normalized spacial score (nSPS) is 12.1. The predicted molar refractivity (Wildman–Crippen MR) is 93.4 cm³/mol. The number of rotatable bonds is 5. The molecule has 0 bridgehead atoms. The van der Waals surface area contributed by atoms with E-state index in [9.17, 15) is 4.79 Å². The predicted octanol–water partition coefficient (Wildman–Crippen LogP) is 4.17. The van der Waals surface area contributed by atoms with E-state index in [1.807, 2.05) is 56.3 Å². The number of aromatic nitrogens is 1. The van der Waals surface area contributed by atoms with Crippen molar-refractivity contribution in [3.05, 3.63) is 59.8 Å². The van der Waals surface area contributed by atoms with Crippen LogP contribution in [0.25, 0.3) is 10.9 Å². The first kappa shape index (κ1) is 15.2. The second-order valence-corrected chi connectivity index (χ2v) is 5.68. The summed E-state index contributed by atoms with van der Waals surface area (Å²) in [5, 5.41) is 4.21. The summed E-state index contributed by atoms with van der Waals surface area (Å²) in [5.41, 5.74) is 3.61. The molecular formula is C19H20N2O2. The van der Waals surface area contributed by atoms with Crippen molar-refractivity contribution >= 4 is 22.4 Å². The Balaban J connectivity index is 1.87. The number of ether oxygens (including phenoxy) is 1. The Bertz CT molecular complexity index is 851. The lowest BCUT2D eigenvalue weighted by Crippen LogP contribution is -2.26. The Morgan fingerprint density at radius 3 is 2.78 bits per heavy atom. The number of benzene rings is 2. The maximum atomic E-state index is 12.8. The molecule has 0 saturated carbocycles. The second-order valence-electron chi connectivity index (χ2n) is 5.68. The molecule has 3 rings (SSSR count). The molecule has 0 saturated heterocycles. The molecule has 4 nitrogen and oxygen atoms in total. The van der Waals surface area contributed by atoms with Crippen LogP contribution in [0.15, 0.2) is 48.7 Å². The summed E-state index contributed by atoms with van der Waals surface area (Å²) in [5.74, 6) is 0.778. The molecule has 0 aliphatic carbocycles. The molecule has 3 aromatic rings. The van der Waals surface area contributed by atoms with E-state index in [-0.39, 0.29) is 11.8 Å². The third-order valence-electron chi connectivity index (χ3n) is 3.97. The Labute approximate surface area is 135 Å². The first-order valence-corrected chi connectivity index (χ1v) is 7.61. The van der Waals surface area contributed by atoms with Crippen molar-refractivity contribution in [2.24, 2.45) is 0 Å². The van der Waals surface area contributed by atoms with Gasteiger partial charge in [-0.05, 0) is 37.6 Å². The number of aryl methyl sites for hydroxylation is 1. The molecule has 0 radical (unpaired) electrons. The average Bonchev–Trinajstić information content (AvgIpc) is 2.98. The van der Waals surface area contributed by atoms with Crippen LogP contribution in [-0.2, 0) is 0 Å². The lowest BCUT2D eigenvalue weighted by atomic mass is 10.0. The van der Waals surface area contributed by atoms with Crippen LogP contribution in [0.1, 0.15) is 22.8 Å². The number of para-hydroxylation sites is 1. The molecule has 23 heavy (non-hydrogen) atoms. The molecule has 2 aromatic carbocycles. The highest BCUT2D eigenvalue weighted by Gasteiger charge is 2.19. The van der Waals surface area contributed by atoms with Crippen molar-refractivity contribution in [2.75, 3.05) is 12.4 Å². The molecule has 0 unspecified atom stereocenters. The van der Waals surface area contributed by atoms with Gasteiger partial charge in [-0.3, -0.25) is 4.79 Å². The molecule has 118 valence electrons. The fourth-order valence-corrected chi connectivity index (χ4v) is 2.74. The Kier molecular flexibility index (Phi) is 4.06. The Hall–Kier alpha value is -2.75. The quantitative estimate of drug-likeness (QED) is 0.696. The molecule has 0 spiro atoms. The van der Waals surface area contributed by atoms with Gasteiger partial charge in [0.25, 0.3) is 0 Å². The molecular weight excluding hydrogens is 288 g/mol. The number of fused-ring (bicyclic) bond motifs is 1. The molecule has 1 heterocycles.